The lowest BCUT2D eigenvalue weighted by Gasteiger charge is -2.35. The van der Waals surface area contributed by atoms with Crippen LogP contribution in [0.2, 0.25) is 0 Å². The molecule has 0 heterocycles. The van der Waals surface area contributed by atoms with Crippen LogP contribution in [0, 0.1) is 11.3 Å². The first kappa shape index (κ1) is 14.8. The molecule has 2 unspecified atom stereocenters. The van der Waals surface area contributed by atoms with Crippen molar-refractivity contribution in [2.24, 2.45) is 17.1 Å². The Balaban J connectivity index is 1.70. The van der Waals surface area contributed by atoms with Crippen LogP contribution in [0.5, 0.6) is 0 Å². The second-order valence-corrected chi connectivity index (χ2v) is 7.50. The van der Waals surface area contributed by atoms with Gasteiger partial charge in [0.2, 0.25) is 5.91 Å². The van der Waals surface area contributed by atoms with E-state index in [0.717, 1.165) is 25.7 Å². The van der Waals surface area contributed by atoms with Gasteiger partial charge in [0.1, 0.15) is 0 Å². The normalized spacial score (nSPS) is 31.9. The third-order valence-corrected chi connectivity index (χ3v) is 5.00. The van der Waals surface area contributed by atoms with Crippen LogP contribution < -0.4 is 11.1 Å². The molecule has 0 saturated heterocycles. The summed E-state index contributed by atoms with van der Waals surface area (Å²) in [7, 11) is 0. The summed E-state index contributed by atoms with van der Waals surface area (Å²) >= 11 is 0. The van der Waals surface area contributed by atoms with Crippen LogP contribution in [-0.2, 0) is 4.79 Å². The molecule has 2 saturated carbocycles. The molecule has 0 radical (unpaired) electrons. The molecule has 0 aromatic rings. The zero-order chi connectivity index (χ0) is 13.9. The third-order valence-electron chi connectivity index (χ3n) is 5.00. The summed E-state index contributed by atoms with van der Waals surface area (Å²) < 4.78 is 0. The highest BCUT2D eigenvalue weighted by Crippen LogP contribution is 2.35. The Morgan fingerprint density at radius 3 is 2.53 bits per heavy atom. The number of rotatable bonds is 3. The Morgan fingerprint density at radius 1 is 1.21 bits per heavy atom. The van der Waals surface area contributed by atoms with E-state index in [9.17, 15) is 4.79 Å². The first-order valence-corrected chi connectivity index (χ1v) is 7.99. The molecule has 3 heteroatoms. The van der Waals surface area contributed by atoms with E-state index in [1.54, 1.807) is 0 Å². The number of amides is 1. The molecule has 2 atom stereocenters. The summed E-state index contributed by atoms with van der Waals surface area (Å²) in [5, 5.41) is 3.24. The summed E-state index contributed by atoms with van der Waals surface area (Å²) in [6.45, 7) is 4.66. The minimum Gasteiger partial charge on any atom is -0.353 e. The monoisotopic (exact) mass is 266 g/mol. The van der Waals surface area contributed by atoms with E-state index in [2.05, 4.69) is 19.2 Å². The Hall–Kier alpha value is -0.570. The van der Waals surface area contributed by atoms with Gasteiger partial charge in [0.25, 0.3) is 0 Å². The fourth-order valence-electron chi connectivity index (χ4n) is 3.61. The highest BCUT2D eigenvalue weighted by atomic mass is 16.1. The second-order valence-electron chi connectivity index (χ2n) is 7.50. The van der Waals surface area contributed by atoms with Gasteiger partial charge in [-0.1, -0.05) is 20.3 Å². The van der Waals surface area contributed by atoms with Crippen molar-refractivity contribution < 1.29 is 4.79 Å². The van der Waals surface area contributed by atoms with E-state index in [-0.39, 0.29) is 5.91 Å². The fraction of sp³-hybridized carbons (Fsp3) is 0.938. The van der Waals surface area contributed by atoms with Crippen LogP contribution in [0.4, 0.5) is 0 Å². The topological polar surface area (TPSA) is 55.1 Å². The van der Waals surface area contributed by atoms with Crippen LogP contribution in [-0.4, -0.2) is 18.0 Å². The predicted octanol–water partition coefficient (Wildman–Crippen LogP) is 2.98. The molecule has 1 amide bonds. The maximum atomic E-state index is 12.1. The van der Waals surface area contributed by atoms with Gasteiger partial charge in [-0.25, -0.2) is 0 Å². The summed E-state index contributed by atoms with van der Waals surface area (Å²) in [4.78, 5) is 12.1. The lowest BCUT2D eigenvalue weighted by molar-refractivity contribution is -0.123. The van der Waals surface area contributed by atoms with Gasteiger partial charge < -0.3 is 11.1 Å². The van der Waals surface area contributed by atoms with Gasteiger partial charge in [-0.3, -0.25) is 4.79 Å². The molecule has 2 aliphatic carbocycles. The van der Waals surface area contributed by atoms with Crippen molar-refractivity contribution in [1.82, 2.24) is 5.32 Å². The SMILES string of the molecule is CC1(C)CCC(NC(=O)CC2CCCC(N)C2)CC1. The summed E-state index contributed by atoms with van der Waals surface area (Å²) in [5.74, 6) is 0.771. The molecule has 2 rings (SSSR count). The number of nitrogens with one attached hydrogen (secondary N) is 1. The van der Waals surface area contributed by atoms with Crippen molar-refractivity contribution in [2.45, 2.75) is 83.7 Å². The van der Waals surface area contributed by atoms with Gasteiger partial charge in [0.15, 0.2) is 0 Å². The predicted molar refractivity (Wildman–Crippen MR) is 78.7 cm³/mol. The molecule has 2 aliphatic rings. The molecular weight excluding hydrogens is 236 g/mol. The van der Waals surface area contributed by atoms with Crippen molar-refractivity contribution in [2.75, 3.05) is 0 Å². The highest BCUT2D eigenvalue weighted by Gasteiger charge is 2.28. The first-order chi connectivity index (χ1) is 8.94. The maximum Gasteiger partial charge on any atom is 0.220 e. The Kier molecular flexibility index (Phi) is 4.88. The molecule has 3 nitrogen and oxygen atoms in total. The van der Waals surface area contributed by atoms with E-state index < -0.39 is 0 Å². The van der Waals surface area contributed by atoms with Crippen LogP contribution in [0.3, 0.4) is 0 Å². The Morgan fingerprint density at radius 2 is 1.89 bits per heavy atom. The molecular formula is C16H30N2O. The van der Waals surface area contributed by atoms with E-state index in [1.165, 1.54) is 25.7 Å². The van der Waals surface area contributed by atoms with Gasteiger partial charge in [0.05, 0.1) is 0 Å². The third kappa shape index (κ3) is 4.79. The lowest BCUT2D eigenvalue weighted by Crippen LogP contribution is -2.40. The second kappa shape index (κ2) is 6.25. The van der Waals surface area contributed by atoms with Crippen molar-refractivity contribution in [1.29, 1.82) is 0 Å². The standard InChI is InChI=1S/C16H30N2O/c1-16(2)8-6-14(7-9-16)18-15(19)11-12-4-3-5-13(17)10-12/h12-14H,3-11,17H2,1-2H3,(H,18,19). The van der Waals surface area contributed by atoms with Gasteiger partial charge in [-0.05, 0) is 56.3 Å². The zero-order valence-electron chi connectivity index (χ0n) is 12.6. The van der Waals surface area contributed by atoms with E-state index in [0.29, 0.717) is 29.8 Å². The smallest absolute Gasteiger partial charge is 0.220 e. The fourth-order valence-corrected chi connectivity index (χ4v) is 3.61. The molecule has 0 spiro atoms. The minimum absolute atomic E-state index is 0.254. The van der Waals surface area contributed by atoms with Crippen molar-refractivity contribution in [3.8, 4) is 0 Å². The largest absolute Gasteiger partial charge is 0.353 e. The van der Waals surface area contributed by atoms with E-state index in [4.69, 9.17) is 5.73 Å². The molecule has 2 fully saturated rings. The van der Waals surface area contributed by atoms with Gasteiger partial charge in [-0.2, -0.15) is 0 Å². The average molecular weight is 266 g/mol. The van der Waals surface area contributed by atoms with Gasteiger partial charge >= 0.3 is 0 Å². The Bertz CT molecular complexity index is 304. The molecule has 0 aliphatic heterocycles. The van der Waals surface area contributed by atoms with Crippen LogP contribution in [0.15, 0.2) is 0 Å². The van der Waals surface area contributed by atoms with Gasteiger partial charge in [0, 0.05) is 18.5 Å². The average Bonchev–Trinajstić information content (AvgIpc) is 2.32. The molecule has 3 N–H and O–H groups in total. The van der Waals surface area contributed by atoms with Crippen LogP contribution in [0.25, 0.3) is 0 Å². The summed E-state index contributed by atoms with van der Waals surface area (Å²) in [6.07, 6.45) is 9.97. The lowest BCUT2D eigenvalue weighted by atomic mass is 9.75. The van der Waals surface area contributed by atoms with Crippen molar-refractivity contribution in [3.63, 3.8) is 0 Å². The number of hydrogen-bond acceptors (Lipinski definition) is 2. The molecule has 0 aromatic heterocycles. The van der Waals surface area contributed by atoms with E-state index >= 15 is 0 Å². The summed E-state index contributed by atoms with van der Waals surface area (Å²) in [6, 6.07) is 0.736. The van der Waals surface area contributed by atoms with Gasteiger partial charge in [-0.15, -0.1) is 0 Å². The number of hydrogen-bond donors (Lipinski definition) is 2. The Labute approximate surface area is 117 Å². The number of carbonyl (C=O) groups is 1. The van der Waals surface area contributed by atoms with Crippen molar-refractivity contribution >= 4 is 5.91 Å². The maximum absolute atomic E-state index is 12.1. The molecule has 0 aromatic carbocycles. The first-order valence-electron chi connectivity index (χ1n) is 7.99. The van der Waals surface area contributed by atoms with E-state index in [1.807, 2.05) is 0 Å². The molecule has 110 valence electrons. The number of carbonyl (C=O) groups excluding carboxylic acids is 1. The minimum atomic E-state index is 0.254. The van der Waals surface area contributed by atoms with Crippen LogP contribution in [0.1, 0.15) is 71.6 Å². The number of nitrogens with two attached hydrogens (primary N) is 1. The molecule has 19 heavy (non-hydrogen) atoms. The van der Waals surface area contributed by atoms with Crippen LogP contribution >= 0.6 is 0 Å². The summed E-state index contributed by atoms with van der Waals surface area (Å²) in [5.41, 5.74) is 6.45. The van der Waals surface area contributed by atoms with Crippen molar-refractivity contribution in [3.05, 3.63) is 0 Å². The quantitative estimate of drug-likeness (QED) is 0.825. The molecule has 0 bridgehead atoms. The zero-order valence-corrected chi connectivity index (χ0v) is 12.6. The highest BCUT2D eigenvalue weighted by molar-refractivity contribution is 5.76.